The van der Waals surface area contributed by atoms with Crippen molar-refractivity contribution < 1.29 is 64.6 Å². The third-order valence-corrected chi connectivity index (χ3v) is 17.6. The van der Waals surface area contributed by atoms with Gasteiger partial charge in [0.05, 0.1) is 32.0 Å². The monoisotopic (exact) mass is 1160 g/mol. The number of aliphatic hydroxyl groups excluding tert-OH is 8. The molecular formula is C67H131NO13. The van der Waals surface area contributed by atoms with Gasteiger partial charge in [0.1, 0.15) is 48.8 Å². The molecule has 2 aliphatic heterocycles. The summed E-state index contributed by atoms with van der Waals surface area (Å²) in [5, 5.41) is 87.5. The van der Waals surface area contributed by atoms with E-state index in [4.69, 9.17) is 18.9 Å². The van der Waals surface area contributed by atoms with Gasteiger partial charge in [-0.1, -0.05) is 309 Å². The largest absolute Gasteiger partial charge is 0.394 e. The molecule has 4 unspecified atom stereocenters. The number of carbonyl (C=O) groups excluding carboxylic acids is 1. The molecule has 0 saturated carbocycles. The van der Waals surface area contributed by atoms with Crippen LogP contribution in [-0.2, 0) is 23.7 Å². The molecule has 0 bridgehead atoms. The van der Waals surface area contributed by atoms with Crippen LogP contribution in [0.2, 0.25) is 0 Å². The van der Waals surface area contributed by atoms with Gasteiger partial charge in [0.25, 0.3) is 0 Å². The Balaban J connectivity index is 1.63. The Labute approximate surface area is 495 Å². The first-order valence-corrected chi connectivity index (χ1v) is 34.8. The summed E-state index contributed by atoms with van der Waals surface area (Å²) in [6, 6.07) is -0.823. The van der Waals surface area contributed by atoms with Crippen molar-refractivity contribution >= 4 is 5.91 Å². The normalized spacial score (nSPS) is 24.0. The second-order valence-electron chi connectivity index (χ2n) is 25.0. The highest BCUT2D eigenvalue weighted by atomic mass is 16.7. The lowest BCUT2D eigenvalue weighted by Crippen LogP contribution is -2.65. The maximum Gasteiger partial charge on any atom is 0.220 e. The molecule has 9 N–H and O–H groups in total. The van der Waals surface area contributed by atoms with Gasteiger partial charge in [-0.15, -0.1) is 0 Å². The number of unbranched alkanes of at least 4 members (excludes halogenated alkanes) is 45. The molecule has 12 atom stereocenters. The van der Waals surface area contributed by atoms with Crippen LogP contribution in [-0.4, -0.2) is 140 Å². The standard InChI is InChI=1S/C67H131NO13/c1-3-5-7-9-11-13-15-17-19-21-22-23-24-25-26-27-28-29-30-31-32-33-35-37-39-41-43-45-47-49-51-59(72)68-55(56(71)50-48-46-44-42-40-38-36-34-20-18-16-14-12-10-8-6-4-2)54-78-66-64(77)62(75)65(58(53-70)80-66)81-67-63(76)61(74)60(73)57(52-69)79-67/h55-58,60-67,69-71,73-77H,3-54H2,1-2H3,(H,68,72)/t55-,56+,57+,58+,60-,61?,62?,63?,64?,65+,66+,67-/m0/s1. The average Bonchev–Trinajstić information content (AvgIpc) is 3.63. The van der Waals surface area contributed by atoms with Gasteiger partial charge in [-0.3, -0.25) is 4.79 Å². The first-order valence-electron chi connectivity index (χ1n) is 34.8. The van der Waals surface area contributed by atoms with E-state index < -0.39 is 86.8 Å². The number of rotatable bonds is 58. The van der Waals surface area contributed by atoms with Gasteiger partial charge in [-0.05, 0) is 12.8 Å². The molecule has 14 heteroatoms. The fourth-order valence-corrected chi connectivity index (χ4v) is 12.0. The van der Waals surface area contributed by atoms with Gasteiger partial charge in [-0.25, -0.2) is 0 Å². The Bertz CT molecular complexity index is 1360. The topological polar surface area (TPSA) is 228 Å². The molecule has 0 aromatic carbocycles. The average molecular weight is 1160 g/mol. The molecule has 2 rings (SSSR count). The third-order valence-electron chi connectivity index (χ3n) is 17.6. The summed E-state index contributed by atoms with van der Waals surface area (Å²) in [7, 11) is 0. The smallest absolute Gasteiger partial charge is 0.220 e. The summed E-state index contributed by atoms with van der Waals surface area (Å²) in [6.45, 7) is 2.92. The van der Waals surface area contributed by atoms with Crippen molar-refractivity contribution in [1.29, 1.82) is 0 Å². The van der Waals surface area contributed by atoms with E-state index >= 15 is 0 Å². The van der Waals surface area contributed by atoms with Crippen LogP contribution in [0.4, 0.5) is 0 Å². The van der Waals surface area contributed by atoms with E-state index in [9.17, 15) is 45.6 Å². The number of ether oxygens (including phenoxy) is 4. The minimum absolute atomic E-state index is 0.198. The van der Waals surface area contributed by atoms with Crippen LogP contribution >= 0.6 is 0 Å². The summed E-state index contributed by atoms with van der Waals surface area (Å²) in [6.07, 6.45) is 45.5. The van der Waals surface area contributed by atoms with Gasteiger partial charge in [0, 0.05) is 6.42 Å². The maximum absolute atomic E-state index is 13.3. The van der Waals surface area contributed by atoms with Crippen LogP contribution in [0.15, 0.2) is 0 Å². The van der Waals surface area contributed by atoms with Crippen LogP contribution in [0.25, 0.3) is 0 Å². The highest BCUT2D eigenvalue weighted by Gasteiger charge is 2.51. The summed E-state index contributed by atoms with van der Waals surface area (Å²) in [5.74, 6) is -0.198. The number of nitrogens with one attached hydrogen (secondary N) is 1. The summed E-state index contributed by atoms with van der Waals surface area (Å²) in [5.41, 5.74) is 0. The number of hydrogen-bond acceptors (Lipinski definition) is 13. The van der Waals surface area contributed by atoms with E-state index in [-0.39, 0.29) is 12.5 Å². The van der Waals surface area contributed by atoms with Crippen LogP contribution < -0.4 is 5.32 Å². The van der Waals surface area contributed by atoms with E-state index in [0.29, 0.717) is 12.8 Å². The molecule has 0 radical (unpaired) electrons. The molecular weight excluding hydrogens is 1030 g/mol. The molecule has 0 aromatic rings. The lowest BCUT2D eigenvalue weighted by atomic mass is 9.97. The predicted octanol–water partition coefficient (Wildman–Crippen LogP) is 13.6. The van der Waals surface area contributed by atoms with Crippen molar-refractivity contribution in [1.82, 2.24) is 5.32 Å². The summed E-state index contributed by atoms with van der Waals surface area (Å²) in [4.78, 5) is 13.3. The molecule has 1 amide bonds. The molecule has 2 heterocycles. The lowest BCUT2D eigenvalue weighted by Gasteiger charge is -2.46. The van der Waals surface area contributed by atoms with Crippen molar-refractivity contribution in [2.24, 2.45) is 0 Å². The first-order chi connectivity index (χ1) is 39.6. The van der Waals surface area contributed by atoms with Gasteiger partial charge < -0.3 is 65.1 Å². The molecule has 0 aromatic heterocycles. The Kier molecular flexibility index (Phi) is 50.0. The molecule has 0 spiro atoms. The number of hydrogen-bond donors (Lipinski definition) is 9. The van der Waals surface area contributed by atoms with E-state index in [2.05, 4.69) is 19.2 Å². The molecule has 2 saturated heterocycles. The molecule has 2 aliphatic rings. The molecule has 0 aliphatic carbocycles. The van der Waals surface area contributed by atoms with Crippen LogP contribution in [0.3, 0.4) is 0 Å². The van der Waals surface area contributed by atoms with Crippen LogP contribution in [0.1, 0.15) is 328 Å². The number of aliphatic hydroxyl groups is 8. The predicted molar refractivity (Wildman–Crippen MR) is 328 cm³/mol. The van der Waals surface area contributed by atoms with Gasteiger partial charge in [-0.2, -0.15) is 0 Å². The van der Waals surface area contributed by atoms with E-state index in [0.717, 1.165) is 51.4 Å². The Morgan fingerprint density at radius 2 is 0.704 bits per heavy atom. The van der Waals surface area contributed by atoms with Gasteiger partial charge in [0.15, 0.2) is 12.6 Å². The number of amides is 1. The van der Waals surface area contributed by atoms with E-state index in [1.54, 1.807) is 0 Å². The fraction of sp³-hybridized carbons (Fsp3) is 0.985. The Morgan fingerprint density at radius 1 is 0.395 bits per heavy atom. The lowest BCUT2D eigenvalue weighted by molar-refractivity contribution is -0.359. The van der Waals surface area contributed by atoms with E-state index in [1.165, 1.54) is 250 Å². The SMILES string of the molecule is CCCCCCCCCCCCCCCCCCCCCCCCCCCCCCCCC(=O)N[C@@H](CO[C@@H]1O[C@H](CO)[C@@H](O[C@@H]2O[C@H](CO)[C@H](O)C(O)C2O)C(O)C1O)[C@H](O)CCCCCCCCCCCCCCCCCCC. The second kappa shape index (κ2) is 53.2. The van der Waals surface area contributed by atoms with Gasteiger partial charge in [0.2, 0.25) is 5.91 Å². The van der Waals surface area contributed by atoms with Crippen molar-refractivity contribution in [2.75, 3.05) is 19.8 Å². The summed E-state index contributed by atoms with van der Waals surface area (Å²) < 4.78 is 22.9. The van der Waals surface area contributed by atoms with Crippen molar-refractivity contribution in [3.63, 3.8) is 0 Å². The molecule has 14 nitrogen and oxygen atoms in total. The van der Waals surface area contributed by atoms with E-state index in [1.807, 2.05) is 0 Å². The highest BCUT2D eigenvalue weighted by Crippen LogP contribution is 2.30. The van der Waals surface area contributed by atoms with Crippen molar-refractivity contribution in [3.05, 3.63) is 0 Å². The van der Waals surface area contributed by atoms with Crippen molar-refractivity contribution in [2.45, 2.75) is 402 Å². The van der Waals surface area contributed by atoms with Crippen molar-refractivity contribution in [3.8, 4) is 0 Å². The molecule has 482 valence electrons. The Hall–Kier alpha value is -1.01. The minimum Gasteiger partial charge on any atom is -0.394 e. The Morgan fingerprint density at radius 3 is 1.05 bits per heavy atom. The van der Waals surface area contributed by atoms with Gasteiger partial charge >= 0.3 is 0 Å². The number of carbonyl (C=O) groups is 1. The zero-order valence-electron chi connectivity index (χ0n) is 52.3. The summed E-state index contributed by atoms with van der Waals surface area (Å²) >= 11 is 0. The zero-order valence-corrected chi connectivity index (χ0v) is 52.3. The highest BCUT2D eigenvalue weighted by molar-refractivity contribution is 5.76. The van der Waals surface area contributed by atoms with Crippen LogP contribution in [0, 0.1) is 0 Å². The third kappa shape index (κ3) is 38.0. The molecule has 81 heavy (non-hydrogen) atoms. The fourth-order valence-electron chi connectivity index (χ4n) is 12.0. The maximum atomic E-state index is 13.3. The van der Waals surface area contributed by atoms with Crippen LogP contribution in [0.5, 0.6) is 0 Å². The second-order valence-corrected chi connectivity index (χ2v) is 25.0. The minimum atomic E-state index is -1.78. The first kappa shape index (κ1) is 76.1. The quantitative estimate of drug-likeness (QED) is 0.0259. The molecule has 2 fully saturated rings. The zero-order chi connectivity index (χ0) is 58.8.